The molecule has 1 unspecified atom stereocenters. The van der Waals surface area contributed by atoms with Crippen molar-refractivity contribution in [1.29, 1.82) is 0 Å². The van der Waals surface area contributed by atoms with Crippen LogP contribution >= 0.6 is 0 Å². The molecule has 0 aromatic rings. The van der Waals surface area contributed by atoms with Crippen LogP contribution in [0.5, 0.6) is 0 Å². The molecule has 2 heteroatoms. The van der Waals surface area contributed by atoms with E-state index in [4.69, 9.17) is 0 Å². The minimum Gasteiger partial charge on any atom is -0.758 e. The van der Waals surface area contributed by atoms with Crippen molar-refractivity contribution in [2.24, 2.45) is 0 Å². The number of rotatable bonds is 5. The lowest BCUT2D eigenvalue weighted by Gasteiger charge is -2.41. The summed E-state index contributed by atoms with van der Waals surface area (Å²) >= 11 is 0. The second-order valence-corrected chi connectivity index (χ2v) is 4.22. The molecule has 0 saturated heterocycles. The van der Waals surface area contributed by atoms with Crippen LogP contribution in [0.4, 0.5) is 0 Å². The Morgan fingerprint density at radius 3 is 2.69 bits per heavy atom. The number of unbranched alkanes of at least 4 members (excludes halogenated alkanes) is 3. The summed E-state index contributed by atoms with van der Waals surface area (Å²) in [6.07, 6.45) is 10.6. The fourth-order valence-corrected chi connectivity index (χ4v) is 1.82. The van der Waals surface area contributed by atoms with Gasteiger partial charge in [0.1, 0.15) is 0 Å². The van der Waals surface area contributed by atoms with E-state index >= 15 is 0 Å². The van der Waals surface area contributed by atoms with Crippen LogP contribution in [-0.2, 0) is 0 Å². The van der Waals surface area contributed by atoms with Crippen molar-refractivity contribution in [3.63, 3.8) is 0 Å². The van der Waals surface area contributed by atoms with Crippen LogP contribution in [0.25, 0.3) is 0 Å². The largest absolute Gasteiger partial charge is 0.758 e. The van der Waals surface area contributed by atoms with Crippen molar-refractivity contribution in [3.8, 4) is 0 Å². The highest BCUT2D eigenvalue weighted by Crippen LogP contribution is 2.30. The average Bonchev–Trinajstić information content (AvgIpc) is 2.42. The van der Waals surface area contributed by atoms with Gasteiger partial charge in [-0.1, -0.05) is 38.7 Å². The van der Waals surface area contributed by atoms with Gasteiger partial charge in [-0.2, -0.15) is 0 Å². The van der Waals surface area contributed by atoms with Crippen LogP contribution in [0.1, 0.15) is 52.4 Å². The van der Waals surface area contributed by atoms with Gasteiger partial charge in [0.25, 0.3) is 0 Å². The van der Waals surface area contributed by atoms with Gasteiger partial charge in [-0.25, -0.2) is 0 Å². The molecule has 0 radical (unpaired) electrons. The highest BCUT2D eigenvalue weighted by molar-refractivity contribution is 5.06. The third-order valence-corrected chi connectivity index (χ3v) is 2.90. The van der Waals surface area contributed by atoms with Gasteiger partial charge in [0, 0.05) is 5.54 Å². The standard InChI is InChI=1S/C11H20NO/c1-3-4-5-6-8-11(2)9-7-10-12(11)13/h7,10H,3-6,8-9H2,1-2H3/q-1. The van der Waals surface area contributed by atoms with Gasteiger partial charge < -0.3 is 10.3 Å². The van der Waals surface area contributed by atoms with Crippen LogP contribution in [0.2, 0.25) is 0 Å². The summed E-state index contributed by atoms with van der Waals surface area (Å²) in [5.41, 5.74) is -0.131. The maximum Gasteiger partial charge on any atom is 0.0291 e. The molecule has 0 aromatic heterocycles. The molecule has 1 aliphatic heterocycles. The summed E-state index contributed by atoms with van der Waals surface area (Å²) in [6.45, 7) is 4.27. The van der Waals surface area contributed by atoms with E-state index < -0.39 is 0 Å². The normalized spacial score (nSPS) is 27.2. The Bertz CT molecular complexity index is 179. The molecule has 13 heavy (non-hydrogen) atoms. The Morgan fingerprint density at radius 2 is 2.15 bits per heavy atom. The lowest BCUT2D eigenvalue weighted by molar-refractivity contribution is 0.229. The SMILES string of the molecule is CCCCCCC1(C)CC=CN1[O-]. The van der Waals surface area contributed by atoms with Gasteiger partial charge in [0.15, 0.2) is 0 Å². The van der Waals surface area contributed by atoms with Crippen molar-refractivity contribution in [1.82, 2.24) is 5.06 Å². The summed E-state index contributed by atoms with van der Waals surface area (Å²) in [5, 5.41) is 12.5. The summed E-state index contributed by atoms with van der Waals surface area (Å²) in [6, 6.07) is 0. The number of nitrogens with zero attached hydrogens (tertiary/aromatic N) is 1. The molecular weight excluding hydrogens is 162 g/mol. The first kappa shape index (κ1) is 10.6. The fourth-order valence-electron chi connectivity index (χ4n) is 1.82. The smallest absolute Gasteiger partial charge is 0.0291 e. The molecule has 0 aliphatic carbocycles. The minimum atomic E-state index is -0.131. The number of hydrogen-bond donors (Lipinski definition) is 0. The summed E-state index contributed by atoms with van der Waals surface area (Å²) < 4.78 is 0. The zero-order valence-electron chi connectivity index (χ0n) is 8.75. The summed E-state index contributed by atoms with van der Waals surface area (Å²) in [4.78, 5) is 0. The molecule has 2 nitrogen and oxygen atoms in total. The summed E-state index contributed by atoms with van der Waals surface area (Å²) in [7, 11) is 0. The monoisotopic (exact) mass is 182 g/mol. The highest BCUT2D eigenvalue weighted by Gasteiger charge is 2.25. The molecular formula is C11H20NO-. The molecule has 1 atom stereocenters. The fraction of sp³-hybridized carbons (Fsp3) is 0.818. The molecule has 0 bridgehead atoms. The molecule has 0 amide bonds. The second-order valence-electron chi connectivity index (χ2n) is 4.22. The number of hydroxylamine groups is 2. The maximum atomic E-state index is 11.4. The third-order valence-electron chi connectivity index (χ3n) is 2.90. The van der Waals surface area contributed by atoms with Crippen LogP contribution in [0, 0.1) is 5.21 Å². The van der Waals surface area contributed by atoms with Crippen molar-refractivity contribution < 1.29 is 0 Å². The molecule has 0 aromatic carbocycles. The topological polar surface area (TPSA) is 26.3 Å². The Balaban J connectivity index is 2.20. The van der Waals surface area contributed by atoms with Crippen molar-refractivity contribution in [2.75, 3.05) is 0 Å². The minimum absolute atomic E-state index is 0.131. The van der Waals surface area contributed by atoms with Gasteiger partial charge in [0.05, 0.1) is 0 Å². The van der Waals surface area contributed by atoms with E-state index in [0.29, 0.717) is 0 Å². The summed E-state index contributed by atoms with van der Waals surface area (Å²) in [5.74, 6) is 0. The second kappa shape index (κ2) is 4.66. The van der Waals surface area contributed by atoms with Crippen LogP contribution in [-0.4, -0.2) is 10.6 Å². The molecule has 1 aliphatic rings. The maximum absolute atomic E-state index is 11.4. The van der Waals surface area contributed by atoms with E-state index in [1.807, 2.05) is 6.08 Å². The van der Waals surface area contributed by atoms with Gasteiger partial charge in [-0.15, -0.1) is 0 Å². The Labute approximate surface area is 81.2 Å². The Morgan fingerprint density at radius 1 is 1.38 bits per heavy atom. The Hall–Kier alpha value is -0.500. The van der Waals surface area contributed by atoms with Gasteiger partial charge in [-0.3, -0.25) is 0 Å². The van der Waals surface area contributed by atoms with Crippen LogP contribution in [0.15, 0.2) is 12.3 Å². The van der Waals surface area contributed by atoms with Crippen molar-refractivity contribution in [2.45, 2.75) is 57.9 Å². The van der Waals surface area contributed by atoms with E-state index in [9.17, 15) is 5.21 Å². The first-order valence-electron chi connectivity index (χ1n) is 5.32. The van der Waals surface area contributed by atoms with Gasteiger partial charge in [-0.05, 0) is 26.0 Å². The first-order chi connectivity index (χ1) is 6.19. The van der Waals surface area contributed by atoms with E-state index in [1.165, 1.54) is 25.7 Å². The predicted molar refractivity (Wildman–Crippen MR) is 56.1 cm³/mol. The van der Waals surface area contributed by atoms with Crippen molar-refractivity contribution in [3.05, 3.63) is 17.5 Å². The van der Waals surface area contributed by atoms with E-state index in [0.717, 1.165) is 17.9 Å². The lowest BCUT2D eigenvalue weighted by Crippen LogP contribution is -2.35. The van der Waals surface area contributed by atoms with Gasteiger partial charge in [0.2, 0.25) is 0 Å². The first-order valence-corrected chi connectivity index (χ1v) is 5.32. The van der Waals surface area contributed by atoms with Crippen LogP contribution in [0.3, 0.4) is 0 Å². The number of hydrogen-bond acceptors (Lipinski definition) is 2. The molecule has 0 spiro atoms. The molecule has 1 rings (SSSR count). The van der Waals surface area contributed by atoms with Crippen LogP contribution < -0.4 is 0 Å². The van der Waals surface area contributed by atoms with E-state index in [2.05, 4.69) is 13.8 Å². The zero-order chi connectivity index (χ0) is 9.73. The highest BCUT2D eigenvalue weighted by atomic mass is 16.5. The molecule has 76 valence electrons. The molecule has 0 fully saturated rings. The molecule has 0 saturated carbocycles. The lowest BCUT2D eigenvalue weighted by atomic mass is 9.92. The molecule has 0 N–H and O–H groups in total. The third kappa shape index (κ3) is 2.73. The quantitative estimate of drug-likeness (QED) is 0.609. The van der Waals surface area contributed by atoms with Gasteiger partial charge >= 0.3 is 0 Å². The van der Waals surface area contributed by atoms with E-state index in [-0.39, 0.29) is 5.54 Å². The predicted octanol–water partition coefficient (Wildman–Crippen LogP) is 3.43. The zero-order valence-corrected chi connectivity index (χ0v) is 8.75. The van der Waals surface area contributed by atoms with Crippen molar-refractivity contribution >= 4 is 0 Å². The Kier molecular flexibility index (Phi) is 3.79. The van der Waals surface area contributed by atoms with E-state index in [1.54, 1.807) is 6.20 Å². The molecule has 1 heterocycles. The average molecular weight is 182 g/mol.